The normalized spacial score (nSPS) is 10.4. The van der Waals surface area contributed by atoms with E-state index in [0.29, 0.717) is 10.7 Å². The molecule has 0 aliphatic rings. The first kappa shape index (κ1) is 19.3. The average molecular weight is 378 g/mol. The van der Waals surface area contributed by atoms with Crippen LogP contribution in [0, 0.1) is 20.8 Å². The Morgan fingerprint density at radius 2 is 1.84 bits per heavy atom. The van der Waals surface area contributed by atoms with E-state index in [4.69, 9.17) is 16.3 Å². The summed E-state index contributed by atoms with van der Waals surface area (Å²) in [5.74, 6) is -0.637. The van der Waals surface area contributed by atoms with Crippen molar-refractivity contribution in [2.45, 2.75) is 25.7 Å². The highest BCUT2D eigenvalue weighted by Crippen LogP contribution is 2.23. The zero-order valence-electron chi connectivity index (χ0n) is 14.4. The maximum absolute atomic E-state index is 11.9. The molecule has 6 heteroatoms. The molecular weight excluding hydrogens is 358 g/mol. The van der Waals surface area contributed by atoms with Gasteiger partial charge in [-0.15, -0.1) is 11.8 Å². The summed E-state index contributed by atoms with van der Waals surface area (Å²) in [6, 6.07) is 11.2. The second kappa shape index (κ2) is 8.92. The van der Waals surface area contributed by atoms with E-state index < -0.39 is 5.97 Å². The van der Waals surface area contributed by atoms with Crippen LogP contribution >= 0.6 is 23.4 Å². The minimum Gasteiger partial charge on any atom is -0.455 e. The Hall–Kier alpha value is -1.98. The fraction of sp³-hybridized carbons (Fsp3) is 0.263. The number of carbonyl (C=O) groups excluding carboxylic acids is 2. The first-order valence-corrected chi connectivity index (χ1v) is 9.13. The minimum atomic E-state index is -0.422. The van der Waals surface area contributed by atoms with Crippen molar-refractivity contribution in [3.63, 3.8) is 0 Å². The van der Waals surface area contributed by atoms with Crippen molar-refractivity contribution in [2.75, 3.05) is 17.7 Å². The lowest BCUT2D eigenvalue weighted by molar-refractivity contribution is -0.144. The summed E-state index contributed by atoms with van der Waals surface area (Å²) < 4.78 is 5.03. The maximum Gasteiger partial charge on any atom is 0.316 e. The Morgan fingerprint density at radius 1 is 1.08 bits per heavy atom. The number of nitrogens with one attached hydrogen (secondary N) is 1. The van der Waals surface area contributed by atoms with E-state index in [1.807, 2.05) is 39.0 Å². The number of rotatable bonds is 6. The highest BCUT2D eigenvalue weighted by atomic mass is 35.5. The smallest absolute Gasteiger partial charge is 0.316 e. The molecule has 2 rings (SSSR count). The van der Waals surface area contributed by atoms with Crippen LogP contribution in [0.15, 0.2) is 41.3 Å². The summed E-state index contributed by atoms with van der Waals surface area (Å²) >= 11 is 7.29. The highest BCUT2D eigenvalue weighted by Gasteiger charge is 2.10. The third-order valence-corrected chi connectivity index (χ3v) is 4.88. The van der Waals surface area contributed by atoms with E-state index in [2.05, 4.69) is 5.32 Å². The van der Waals surface area contributed by atoms with E-state index in [1.165, 1.54) is 11.8 Å². The van der Waals surface area contributed by atoms with Crippen LogP contribution in [-0.2, 0) is 14.3 Å². The second-order valence-electron chi connectivity index (χ2n) is 5.73. The predicted molar refractivity (Wildman–Crippen MR) is 102 cm³/mol. The molecule has 1 amide bonds. The molecule has 0 heterocycles. The van der Waals surface area contributed by atoms with Crippen LogP contribution in [0.5, 0.6) is 0 Å². The van der Waals surface area contributed by atoms with E-state index in [9.17, 15) is 9.59 Å². The van der Waals surface area contributed by atoms with Gasteiger partial charge in [0.25, 0.3) is 5.91 Å². The summed E-state index contributed by atoms with van der Waals surface area (Å²) in [6.07, 6.45) is 0. The molecule has 4 nitrogen and oxygen atoms in total. The van der Waals surface area contributed by atoms with E-state index in [1.54, 1.807) is 18.2 Å². The molecule has 0 saturated carbocycles. The monoisotopic (exact) mass is 377 g/mol. The molecule has 132 valence electrons. The topological polar surface area (TPSA) is 55.4 Å². The molecule has 2 aromatic carbocycles. The molecule has 1 N–H and O–H groups in total. The number of benzene rings is 2. The third kappa shape index (κ3) is 6.11. The summed E-state index contributed by atoms with van der Waals surface area (Å²) in [6.45, 7) is 5.53. The molecule has 0 fully saturated rings. The highest BCUT2D eigenvalue weighted by molar-refractivity contribution is 8.00. The van der Waals surface area contributed by atoms with Gasteiger partial charge in [-0.2, -0.15) is 0 Å². The van der Waals surface area contributed by atoms with Gasteiger partial charge in [0.15, 0.2) is 6.61 Å². The first-order valence-electron chi connectivity index (χ1n) is 7.77. The number of ether oxygens (including phenoxy) is 1. The van der Waals surface area contributed by atoms with Gasteiger partial charge in [-0.1, -0.05) is 29.3 Å². The Kier molecular flexibility index (Phi) is 6.91. The lowest BCUT2D eigenvalue weighted by atomic mass is 10.2. The number of esters is 1. The first-order chi connectivity index (χ1) is 11.8. The molecule has 0 atom stereocenters. The Labute approximate surface area is 156 Å². The molecule has 0 bridgehead atoms. The second-order valence-corrected chi connectivity index (χ2v) is 7.18. The van der Waals surface area contributed by atoms with Crippen molar-refractivity contribution in [1.82, 2.24) is 0 Å². The zero-order chi connectivity index (χ0) is 18.4. The van der Waals surface area contributed by atoms with E-state index in [-0.39, 0.29) is 18.3 Å². The fourth-order valence-electron chi connectivity index (χ4n) is 2.14. The van der Waals surface area contributed by atoms with Crippen molar-refractivity contribution in [3.05, 3.63) is 58.1 Å². The maximum atomic E-state index is 11.9. The number of hydrogen-bond acceptors (Lipinski definition) is 4. The Bertz CT molecular complexity index is 792. The van der Waals surface area contributed by atoms with E-state index in [0.717, 1.165) is 21.6 Å². The van der Waals surface area contributed by atoms with Crippen molar-refractivity contribution in [1.29, 1.82) is 0 Å². The summed E-state index contributed by atoms with van der Waals surface area (Å²) in [5.41, 5.74) is 3.74. The van der Waals surface area contributed by atoms with Crippen LogP contribution in [0.4, 0.5) is 5.69 Å². The third-order valence-electron chi connectivity index (χ3n) is 3.52. The Balaban J connectivity index is 1.79. The molecule has 0 radical (unpaired) electrons. The SMILES string of the molecule is Cc1ccc(C)c(SCC(=O)OCC(=O)Nc2ccc(Cl)cc2C)c1. The standard InChI is InChI=1S/C19H20ClNO3S/c1-12-4-5-13(2)17(8-12)25-11-19(23)24-10-18(22)21-16-7-6-15(20)9-14(16)3/h4-9H,10-11H2,1-3H3,(H,21,22). The number of amides is 1. The van der Waals surface area contributed by atoms with Gasteiger partial charge in [-0.25, -0.2) is 0 Å². The molecule has 2 aromatic rings. The van der Waals surface area contributed by atoms with Crippen LogP contribution in [0.25, 0.3) is 0 Å². The Morgan fingerprint density at radius 3 is 2.56 bits per heavy atom. The lowest BCUT2D eigenvalue weighted by Crippen LogP contribution is -2.22. The summed E-state index contributed by atoms with van der Waals surface area (Å²) in [4.78, 5) is 24.8. The van der Waals surface area contributed by atoms with Gasteiger partial charge in [0.05, 0.1) is 5.75 Å². The molecule has 0 aliphatic carbocycles. The molecule has 25 heavy (non-hydrogen) atoms. The van der Waals surface area contributed by atoms with Gasteiger partial charge in [0.2, 0.25) is 0 Å². The van der Waals surface area contributed by atoms with Gasteiger partial charge >= 0.3 is 5.97 Å². The van der Waals surface area contributed by atoms with Crippen molar-refractivity contribution in [2.24, 2.45) is 0 Å². The van der Waals surface area contributed by atoms with Gasteiger partial charge in [0.1, 0.15) is 0 Å². The fourth-order valence-corrected chi connectivity index (χ4v) is 3.29. The largest absolute Gasteiger partial charge is 0.455 e. The molecule has 0 spiro atoms. The summed E-state index contributed by atoms with van der Waals surface area (Å²) in [5, 5.41) is 3.30. The van der Waals surface area contributed by atoms with Crippen molar-refractivity contribution >= 4 is 40.9 Å². The number of carbonyl (C=O) groups is 2. The van der Waals surface area contributed by atoms with Crippen LogP contribution in [-0.4, -0.2) is 24.2 Å². The molecule has 0 aliphatic heterocycles. The quantitative estimate of drug-likeness (QED) is 0.593. The molecule has 0 aromatic heterocycles. The molecule has 0 unspecified atom stereocenters. The van der Waals surface area contributed by atoms with E-state index >= 15 is 0 Å². The number of hydrogen-bond donors (Lipinski definition) is 1. The molecule has 0 saturated heterocycles. The van der Waals surface area contributed by atoms with Crippen molar-refractivity contribution < 1.29 is 14.3 Å². The van der Waals surface area contributed by atoms with Gasteiger partial charge in [0, 0.05) is 15.6 Å². The lowest BCUT2D eigenvalue weighted by Gasteiger charge is -2.10. The van der Waals surface area contributed by atoms with Crippen LogP contribution < -0.4 is 5.32 Å². The zero-order valence-corrected chi connectivity index (χ0v) is 16.0. The van der Waals surface area contributed by atoms with Crippen LogP contribution in [0.3, 0.4) is 0 Å². The molecular formula is C19H20ClNO3S. The van der Waals surface area contributed by atoms with Gasteiger partial charge in [-0.3, -0.25) is 9.59 Å². The average Bonchev–Trinajstić information content (AvgIpc) is 2.56. The van der Waals surface area contributed by atoms with Crippen molar-refractivity contribution in [3.8, 4) is 0 Å². The van der Waals surface area contributed by atoms with Crippen LogP contribution in [0.2, 0.25) is 5.02 Å². The van der Waals surface area contributed by atoms with Crippen LogP contribution in [0.1, 0.15) is 16.7 Å². The predicted octanol–water partition coefficient (Wildman–Crippen LogP) is 4.54. The number of thioether (sulfide) groups is 1. The number of anilines is 1. The summed E-state index contributed by atoms with van der Waals surface area (Å²) in [7, 11) is 0. The van der Waals surface area contributed by atoms with Gasteiger partial charge in [-0.05, 0) is 56.2 Å². The minimum absolute atomic E-state index is 0.164. The number of halogens is 1. The van der Waals surface area contributed by atoms with Gasteiger partial charge < -0.3 is 10.1 Å². The number of aryl methyl sites for hydroxylation is 3.